The summed E-state index contributed by atoms with van der Waals surface area (Å²) in [4.78, 5) is 54.5. The molecule has 0 radical (unpaired) electrons. The Balaban J connectivity index is 1.40. The fraction of sp³-hybridized carbons (Fsp3) is 0.364. The van der Waals surface area contributed by atoms with Crippen molar-refractivity contribution in [2.75, 3.05) is 18.1 Å². The van der Waals surface area contributed by atoms with Crippen molar-refractivity contribution in [1.29, 1.82) is 0 Å². The van der Waals surface area contributed by atoms with E-state index < -0.39 is 41.2 Å². The fourth-order valence-corrected chi connectivity index (χ4v) is 6.07. The number of aromatic amines is 1. The number of fused-ring (bicyclic) bond motifs is 1. The number of esters is 1. The summed E-state index contributed by atoms with van der Waals surface area (Å²) in [6.07, 6.45) is -0.0503. The molecule has 14 heteroatoms. The first kappa shape index (κ1) is 25.7. The van der Waals surface area contributed by atoms with Gasteiger partial charge in [-0.25, -0.2) is 9.78 Å². The monoisotopic (exact) mass is 532 g/mol. The lowest BCUT2D eigenvalue weighted by atomic mass is 10.0. The maximum absolute atomic E-state index is 12.9. The first-order valence-corrected chi connectivity index (χ1v) is 13.0. The van der Waals surface area contributed by atoms with E-state index in [4.69, 9.17) is 10.5 Å². The molecule has 4 rings (SSSR count). The molecule has 2 aliphatic rings. The molecule has 3 atom stereocenters. The first-order valence-electron chi connectivity index (χ1n) is 11.0. The van der Waals surface area contributed by atoms with Crippen LogP contribution in [0.25, 0.3) is 0 Å². The van der Waals surface area contributed by atoms with E-state index in [1.807, 2.05) is 0 Å². The van der Waals surface area contributed by atoms with E-state index in [1.54, 1.807) is 37.3 Å². The van der Waals surface area contributed by atoms with Crippen molar-refractivity contribution in [1.82, 2.24) is 25.4 Å². The summed E-state index contributed by atoms with van der Waals surface area (Å²) in [7, 11) is 0. The number of ether oxygens (including phenoxy) is 1. The van der Waals surface area contributed by atoms with Crippen molar-refractivity contribution >= 4 is 47.3 Å². The lowest BCUT2D eigenvalue weighted by molar-refractivity contribution is -0.150. The highest BCUT2D eigenvalue weighted by Crippen LogP contribution is 2.41. The van der Waals surface area contributed by atoms with E-state index in [-0.39, 0.29) is 24.5 Å². The standard InChI is InChI=1S/C22H24N6O6S2/c1-2-34-14(29)8-13-24-22(27-26-13)36-10-12-9-35-20-16(19(31)28(20)17(12)21(32)33)25-18(30)15(23)11-6-4-3-5-7-11/h3-7,15-16,20H,2,8-10,23H2,1H3,(H,25,30)(H,32,33)(H,24,26,27)/t15-,16?,20-/m1/s1. The Kier molecular flexibility index (Phi) is 7.96. The summed E-state index contributed by atoms with van der Waals surface area (Å²) in [5.41, 5.74) is 7.07. The molecule has 0 spiro atoms. The summed E-state index contributed by atoms with van der Waals surface area (Å²) in [6, 6.07) is 6.96. The molecule has 1 aromatic heterocycles. The Morgan fingerprint density at radius 2 is 2.11 bits per heavy atom. The Labute approximate surface area is 214 Å². The van der Waals surface area contributed by atoms with Gasteiger partial charge in [0, 0.05) is 11.5 Å². The van der Waals surface area contributed by atoms with E-state index in [1.165, 1.54) is 28.4 Å². The third-order valence-corrected chi connectivity index (χ3v) is 7.77. The molecule has 2 aliphatic heterocycles. The lowest BCUT2D eigenvalue weighted by Crippen LogP contribution is -2.71. The number of aliphatic carboxylic acids is 1. The third-order valence-electron chi connectivity index (χ3n) is 5.49. The second-order valence-corrected chi connectivity index (χ2v) is 9.92. The number of nitrogens with zero attached hydrogens (tertiary/aromatic N) is 3. The number of β-lactam (4-membered cyclic amide) rings is 1. The molecule has 0 bridgehead atoms. The molecule has 2 aromatic rings. The summed E-state index contributed by atoms with van der Waals surface area (Å²) < 4.78 is 4.88. The average Bonchev–Trinajstić information content (AvgIpc) is 3.32. The highest BCUT2D eigenvalue weighted by Gasteiger charge is 2.54. The van der Waals surface area contributed by atoms with Crippen molar-refractivity contribution in [2.24, 2.45) is 5.73 Å². The Morgan fingerprint density at radius 3 is 2.81 bits per heavy atom. The minimum atomic E-state index is -1.23. The quantitative estimate of drug-likeness (QED) is 0.189. The minimum Gasteiger partial charge on any atom is -0.477 e. The van der Waals surface area contributed by atoms with E-state index >= 15 is 0 Å². The van der Waals surface area contributed by atoms with E-state index in [0.29, 0.717) is 27.9 Å². The average molecular weight is 533 g/mol. The molecular formula is C22H24N6O6S2. The van der Waals surface area contributed by atoms with Gasteiger partial charge in [0.1, 0.15) is 35.4 Å². The van der Waals surface area contributed by atoms with Gasteiger partial charge in [-0.2, -0.15) is 0 Å². The maximum atomic E-state index is 12.9. The molecule has 1 fully saturated rings. The number of carbonyl (C=O) groups is 4. The highest BCUT2D eigenvalue weighted by molar-refractivity contribution is 8.01. The zero-order chi connectivity index (χ0) is 25.8. The van der Waals surface area contributed by atoms with Crippen LogP contribution in [0.2, 0.25) is 0 Å². The van der Waals surface area contributed by atoms with Gasteiger partial charge in [0.05, 0.1) is 6.61 Å². The van der Waals surface area contributed by atoms with Gasteiger partial charge in [0.25, 0.3) is 5.91 Å². The van der Waals surface area contributed by atoms with Crippen LogP contribution in [-0.2, 0) is 30.3 Å². The Hall–Kier alpha value is -3.36. The van der Waals surface area contributed by atoms with Gasteiger partial charge in [-0.15, -0.1) is 16.9 Å². The number of aromatic nitrogens is 3. The predicted octanol–water partition coefficient (Wildman–Crippen LogP) is 0.441. The molecule has 0 aliphatic carbocycles. The number of carbonyl (C=O) groups excluding carboxylic acids is 3. The fourth-order valence-electron chi connectivity index (χ4n) is 3.77. The second-order valence-electron chi connectivity index (χ2n) is 7.88. The van der Waals surface area contributed by atoms with Crippen molar-refractivity contribution < 1.29 is 29.0 Å². The number of carboxylic acids is 1. The molecule has 2 amide bonds. The third kappa shape index (κ3) is 5.39. The van der Waals surface area contributed by atoms with Gasteiger partial charge in [-0.1, -0.05) is 42.1 Å². The van der Waals surface area contributed by atoms with Crippen LogP contribution in [0.1, 0.15) is 24.4 Å². The molecule has 0 saturated carbocycles. The predicted molar refractivity (Wildman–Crippen MR) is 130 cm³/mol. The van der Waals surface area contributed by atoms with Crippen molar-refractivity contribution in [2.45, 2.75) is 36.0 Å². The van der Waals surface area contributed by atoms with Crippen molar-refractivity contribution in [3.63, 3.8) is 0 Å². The van der Waals surface area contributed by atoms with Crippen LogP contribution in [0, 0.1) is 0 Å². The zero-order valence-electron chi connectivity index (χ0n) is 19.2. The lowest BCUT2D eigenvalue weighted by Gasteiger charge is -2.49. The highest BCUT2D eigenvalue weighted by atomic mass is 32.2. The van der Waals surface area contributed by atoms with E-state index in [9.17, 15) is 24.3 Å². The molecule has 12 nitrogen and oxygen atoms in total. The van der Waals surface area contributed by atoms with Crippen LogP contribution in [0.5, 0.6) is 0 Å². The Bertz CT molecular complexity index is 1200. The molecule has 1 aromatic carbocycles. The molecule has 1 unspecified atom stereocenters. The van der Waals surface area contributed by atoms with E-state index in [0.717, 1.165) is 0 Å². The number of nitrogens with one attached hydrogen (secondary N) is 2. The SMILES string of the molecule is CCOC(=O)Cc1nc(SCC2=C(C(=O)O)N3C(=O)C(NC(=O)[C@H](N)c4ccccc4)[C@H]3SC2)n[nH]1. The summed E-state index contributed by atoms with van der Waals surface area (Å²) >= 11 is 2.55. The van der Waals surface area contributed by atoms with Gasteiger partial charge < -0.3 is 20.9 Å². The van der Waals surface area contributed by atoms with E-state index in [2.05, 4.69) is 20.5 Å². The van der Waals surface area contributed by atoms with Crippen LogP contribution >= 0.6 is 23.5 Å². The molecular weight excluding hydrogens is 508 g/mol. The number of benzene rings is 1. The summed E-state index contributed by atoms with van der Waals surface area (Å²) in [5.74, 6) is -1.75. The first-order chi connectivity index (χ1) is 17.3. The smallest absolute Gasteiger partial charge is 0.352 e. The van der Waals surface area contributed by atoms with Gasteiger partial charge in [0.15, 0.2) is 0 Å². The number of H-pyrrole nitrogens is 1. The topological polar surface area (TPSA) is 181 Å². The number of amides is 2. The second kappa shape index (κ2) is 11.1. The van der Waals surface area contributed by atoms with Crippen LogP contribution in [0.15, 0.2) is 46.8 Å². The molecule has 5 N–H and O–H groups in total. The van der Waals surface area contributed by atoms with Crippen LogP contribution < -0.4 is 11.1 Å². The number of hydrogen-bond acceptors (Lipinski definition) is 10. The maximum Gasteiger partial charge on any atom is 0.352 e. The number of hydrogen-bond donors (Lipinski definition) is 4. The Morgan fingerprint density at radius 1 is 1.36 bits per heavy atom. The molecule has 190 valence electrons. The number of thioether (sulfide) groups is 2. The molecule has 1 saturated heterocycles. The van der Waals surface area contributed by atoms with Crippen molar-refractivity contribution in [3.8, 4) is 0 Å². The van der Waals surface area contributed by atoms with Gasteiger partial charge >= 0.3 is 11.9 Å². The normalized spacial score (nSPS) is 19.8. The van der Waals surface area contributed by atoms with Crippen LogP contribution in [-0.4, -0.2) is 78.5 Å². The van der Waals surface area contributed by atoms with Gasteiger partial charge in [-0.3, -0.25) is 24.4 Å². The molecule has 3 heterocycles. The number of carboxylic acid groups (broad SMARTS) is 1. The van der Waals surface area contributed by atoms with Gasteiger partial charge in [0.2, 0.25) is 11.1 Å². The van der Waals surface area contributed by atoms with Crippen molar-refractivity contribution in [3.05, 3.63) is 53.0 Å². The van der Waals surface area contributed by atoms with Gasteiger partial charge in [-0.05, 0) is 18.1 Å². The molecule has 36 heavy (non-hydrogen) atoms. The summed E-state index contributed by atoms with van der Waals surface area (Å²) in [5, 5.41) is 19.0. The minimum absolute atomic E-state index is 0.0503. The summed E-state index contributed by atoms with van der Waals surface area (Å²) in [6.45, 7) is 1.97. The van der Waals surface area contributed by atoms with Crippen LogP contribution in [0.3, 0.4) is 0 Å². The number of rotatable bonds is 10. The van der Waals surface area contributed by atoms with Crippen LogP contribution in [0.4, 0.5) is 0 Å². The largest absolute Gasteiger partial charge is 0.477 e. The zero-order valence-corrected chi connectivity index (χ0v) is 20.8. The number of nitrogens with two attached hydrogens (primary N) is 1.